The van der Waals surface area contributed by atoms with Crippen LogP contribution in [-0.4, -0.2) is 33.0 Å². The van der Waals surface area contributed by atoms with Gasteiger partial charge in [-0.3, -0.25) is 4.79 Å². The summed E-state index contributed by atoms with van der Waals surface area (Å²) >= 11 is 1.21. The molecule has 0 fully saturated rings. The van der Waals surface area contributed by atoms with E-state index in [0.29, 0.717) is 22.8 Å². The van der Waals surface area contributed by atoms with E-state index in [1.807, 2.05) is 18.7 Å². The number of sulfone groups is 1. The molecule has 0 saturated heterocycles. The first-order chi connectivity index (χ1) is 9.83. The maximum atomic E-state index is 12.4. The molecule has 0 aliphatic rings. The van der Waals surface area contributed by atoms with E-state index < -0.39 is 9.84 Å². The van der Waals surface area contributed by atoms with Crippen molar-refractivity contribution in [2.24, 2.45) is 0 Å². The maximum Gasteiger partial charge on any atom is 0.183 e. The lowest BCUT2D eigenvalue weighted by Gasteiger charge is -2.22. The molecule has 0 spiro atoms. The summed E-state index contributed by atoms with van der Waals surface area (Å²) in [6, 6.07) is 0. The second-order valence-corrected chi connectivity index (χ2v) is 7.95. The van der Waals surface area contributed by atoms with E-state index in [1.54, 1.807) is 13.8 Å². The van der Waals surface area contributed by atoms with Crippen molar-refractivity contribution in [3.8, 4) is 0 Å². The quantitative estimate of drug-likeness (QED) is 0.740. The van der Waals surface area contributed by atoms with Gasteiger partial charge in [0, 0.05) is 19.5 Å². The molecular formula is C14H24N2O3S2. The zero-order valence-corrected chi connectivity index (χ0v) is 14.7. The van der Waals surface area contributed by atoms with Crippen molar-refractivity contribution in [1.82, 2.24) is 0 Å². The van der Waals surface area contributed by atoms with Gasteiger partial charge in [-0.1, -0.05) is 20.8 Å². The molecule has 5 nitrogen and oxygen atoms in total. The lowest BCUT2D eigenvalue weighted by molar-refractivity contribution is 0.0992. The van der Waals surface area contributed by atoms with E-state index in [0.717, 1.165) is 13.0 Å². The average molecular weight is 332 g/mol. The van der Waals surface area contributed by atoms with Crippen LogP contribution in [0.5, 0.6) is 0 Å². The Morgan fingerprint density at radius 1 is 1.24 bits per heavy atom. The Morgan fingerprint density at radius 2 is 1.86 bits per heavy atom. The molecule has 1 rings (SSSR count). The van der Waals surface area contributed by atoms with Crippen LogP contribution in [0.1, 0.15) is 50.2 Å². The predicted octanol–water partition coefficient (Wildman–Crippen LogP) is 2.95. The van der Waals surface area contributed by atoms with Crippen molar-refractivity contribution in [3.05, 3.63) is 4.88 Å². The van der Waals surface area contributed by atoms with E-state index in [9.17, 15) is 13.2 Å². The summed E-state index contributed by atoms with van der Waals surface area (Å²) in [5.41, 5.74) is 6.14. The topological polar surface area (TPSA) is 80.5 Å². The van der Waals surface area contributed by atoms with Gasteiger partial charge in [0.1, 0.15) is 9.90 Å². The van der Waals surface area contributed by atoms with Crippen molar-refractivity contribution < 1.29 is 13.2 Å². The Labute approximate surface area is 131 Å². The molecule has 0 aliphatic carbocycles. The molecule has 0 unspecified atom stereocenters. The van der Waals surface area contributed by atoms with Gasteiger partial charge in [-0.25, -0.2) is 8.42 Å². The zero-order chi connectivity index (χ0) is 16.2. The highest BCUT2D eigenvalue weighted by molar-refractivity contribution is 7.92. The molecule has 0 aliphatic heterocycles. The van der Waals surface area contributed by atoms with Crippen LogP contribution in [0.25, 0.3) is 0 Å². The highest BCUT2D eigenvalue weighted by Crippen LogP contribution is 2.42. The first-order valence-corrected chi connectivity index (χ1v) is 9.73. The lowest BCUT2D eigenvalue weighted by atomic mass is 10.2. The number of nitrogens with two attached hydrogens (primary N) is 1. The molecule has 0 radical (unpaired) electrons. The molecule has 120 valence electrons. The molecule has 0 bridgehead atoms. The minimum atomic E-state index is -3.46. The molecule has 2 N–H and O–H groups in total. The van der Waals surface area contributed by atoms with Gasteiger partial charge in [0.05, 0.1) is 16.3 Å². The zero-order valence-electron chi connectivity index (χ0n) is 13.1. The number of nitrogen functional groups attached to an aromatic ring is 1. The van der Waals surface area contributed by atoms with Crippen LogP contribution in [0.4, 0.5) is 10.7 Å². The molecule has 1 heterocycles. The number of rotatable bonds is 8. The monoisotopic (exact) mass is 332 g/mol. The summed E-state index contributed by atoms with van der Waals surface area (Å²) in [5.74, 6) is -0.131. The molecule has 0 atom stereocenters. The first kappa shape index (κ1) is 18.0. The number of nitrogens with zero attached hydrogens (tertiary/aromatic N) is 1. The van der Waals surface area contributed by atoms with Crippen LogP contribution < -0.4 is 10.6 Å². The number of anilines is 2. The summed E-state index contributed by atoms with van der Waals surface area (Å²) in [4.78, 5) is 14.5. The Bertz CT molecular complexity index is 606. The van der Waals surface area contributed by atoms with Crippen molar-refractivity contribution in [2.75, 3.05) is 29.5 Å². The summed E-state index contributed by atoms with van der Waals surface area (Å²) < 4.78 is 24.8. The molecular weight excluding hydrogens is 308 g/mol. The van der Waals surface area contributed by atoms with Crippen molar-refractivity contribution in [3.63, 3.8) is 0 Å². The predicted molar refractivity (Wildman–Crippen MR) is 89.3 cm³/mol. The molecule has 0 amide bonds. The number of carbonyl (C=O) groups is 1. The minimum absolute atomic E-state index is 0.0234. The number of hydrogen-bond donors (Lipinski definition) is 1. The number of Topliss-reactive ketones (excluding diaryl/α,β-unsaturated/α-hetero) is 1. The normalized spacial score (nSPS) is 11.6. The lowest BCUT2D eigenvalue weighted by Crippen LogP contribution is -2.24. The summed E-state index contributed by atoms with van der Waals surface area (Å²) in [7, 11) is -3.46. The van der Waals surface area contributed by atoms with E-state index in [2.05, 4.69) is 0 Å². The number of hydrogen-bond acceptors (Lipinski definition) is 6. The Hall–Kier alpha value is -1.08. The van der Waals surface area contributed by atoms with Gasteiger partial charge < -0.3 is 10.6 Å². The van der Waals surface area contributed by atoms with Gasteiger partial charge in [0.2, 0.25) is 0 Å². The van der Waals surface area contributed by atoms with Gasteiger partial charge >= 0.3 is 0 Å². The summed E-state index contributed by atoms with van der Waals surface area (Å²) in [5, 5.41) is 0.607. The van der Waals surface area contributed by atoms with Gasteiger partial charge in [-0.2, -0.15) is 0 Å². The second-order valence-electron chi connectivity index (χ2n) is 4.74. The molecule has 0 saturated carbocycles. The molecule has 1 aromatic heterocycles. The van der Waals surface area contributed by atoms with Crippen LogP contribution in [0.3, 0.4) is 0 Å². The summed E-state index contributed by atoms with van der Waals surface area (Å²) in [6.45, 7) is 8.76. The minimum Gasteiger partial charge on any atom is -0.396 e. The number of ketones is 1. The van der Waals surface area contributed by atoms with E-state index in [4.69, 9.17) is 5.73 Å². The van der Waals surface area contributed by atoms with Crippen LogP contribution in [-0.2, 0) is 9.84 Å². The highest BCUT2D eigenvalue weighted by atomic mass is 32.2. The van der Waals surface area contributed by atoms with Crippen LogP contribution in [0.2, 0.25) is 0 Å². The second kappa shape index (κ2) is 7.26. The largest absolute Gasteiger partial charge is 0.396 e. The van der Waals surface area contributed by atoms with Crippen molar-refractivity contribution in [2.45, 2.75) is 45.4 Å². The molecule has 21 heavy (non-hydrogen) atoms. The van der Waals surface area contributed by atoms with Gasteiger partial charge in [-0.05, 0) is 13.3 Å². The fourth-order valence-electron chi connectivity index (χ4n) is 2.11. The van der Waals surface area contributed by atoms with Crippen molar-refractivity contribution in [1.29, 1.82) is 0 Å². The first-order valence-electron chi connectivity index (χ1n) is 7.27. The van der Waals surface area contributed by atoms with Gasteiger partial charge in [-0.15, -0.1) is 11.3 Å². The third-order valence-corrected chi connectivity index (χ3v) is 6.54. The fraction of sp³-hybridized carbons (Fsp3) is 0.643. The number of carbonyl (C=O) groups excluding carboxylic acids is 1. The average Bonchev–Trinajstić information content (AvgIpc) is 2.82. The fourth-order valence-corrected chi connectivity index (χ4v) is 5.02. The molecule has 7 heteroatoms. The molecule has 1 aromatic rings. The van der Waals surface area contributed by atoms with E-state index in [-0.39, 0.29) is 22.1 Å². The van der Waals surface area contributed by atoms with E-state index in [1.165, 1.54) is 11.3 Å². The third kappa shape index (κ3) is 3.58. The van der Waals surface area contributed by atoms with Crippen LogP contribution >= 0.6 is 11.3 Å². The van der Waals surface area contributed by atoms with E-state index >= 15 is 0 Å². The Balaban J connectivity index is 3.58. The smallest absolute Gasteiger partial charge is 0.183 e. The third-order valence-electron chi connectivity index (χ3n) is 3.31. The Kier molecular flexibility index (Phi) is 6.22. The summed E-state index contributed by atoms with van der Waals surface area (Å²) in [6.07, 6.45) is 1.21. The standard InChI is InChI=1S/C14H24N2O3S2/c1-5-9-16(7-3)14-13(21(18,19)8-4)11(15)12(20-14)10(17)6-2/h5-9,15H2,1-4H3. The van der Waals surface area contributed by atoms with Crippen LogP contribution in [0.15, 0.2) is 4.90 Å². The highest BCUT2D eigenvalue weighted by Gasteiger charge is 2.30. The SMILES string of the molecule is CCCN(CC)c1sc(C(=O)CC)c(N)c1S(=O)(=O)CC. The van der Waals surface area contributed by atoms with Gasteiger partial charge in [0.15, 0.2) is 15.6 Å². The van der Waals surface area contributed by atoms with Gasteiger partial charge in [0.25, 0.3) is 0 Å². The maximum absolute atomic E-state index is 12.4. The number of thiophene rings is 1. The Morgan fingerprint density at radius 3 is 2.29 bits per heavy atom. The molecule has 0 aromatic carbocycles. The van der Waals surface area contributed by atoms with Crippen LogP contribution in [0, 0.1) is 0 Å². The van der Waals surface area contributed by atoms with Crippen molar-refractivity contribution >= 4 is 37.6 Å².